The molecule has 1 unspecified atom stereocenters. The van der Waals surface area contributed by atoms with Crippen molar-refractivity contribution >= 4 is 6.08 Å². The molecule has 0 heterocycles. The van der Waals surface area contributed by atoms with Gasteiger partial charge < -0.3 is 4.74 Å². The van der Waals surface area contributed by atoms with E-state index in [1.807, 2.05) is 30.3 Å². The summed E-state index contributed by atoms with van der Waals surface area (Å²) in [5.41, 5.74) is 1.13. The van der Waals surface area contributed by atoms with Crippen LogP contribution in [-0.4, -0.2) is 6.10 Å². The average Bonchev–Trinajstić information content (AvgIpc) is 2.29. The minimum Gasteiger partial charge on any atom is -0.490 e. The molecule has 88 valence electrons. The highest BCUT2D eigenvalue weighted by Crippen LogP contribution is 2.19. The molecule has 16 heavy (non-hydrogen) atoms. The van der Waals surface area contributed by atoms with Crippen LogP contribution in [0.5, 0.6) is 5.75 Å². The number of hydrogen-bond acceptors (Lipinski definition) is 1. The van der Waals surface area contributed by atoms with Gasteiger partial charge in [0.2, 0.25) is 0 Å². The van der Waals surface area contributed by atoms with Gasteiger partial charge in [-0.1, -0.05) is 52.0 Å². The van der Waals surface area contributed by atoms with Gasteiger partial charge in [0.1, 0.15) is 11.9 Å². The monoisotopic (exact) mass is 218 g/mol. The molecule has 0 N–H and O–H groups in total. The zero-order valence-electron chi connectivity index (χ0n) is 10.6. The fraction of sp³-hybridized carbons (Fsp3) is 0.467. The lowest BCUT2D eigenvalue weighted by Gasteiger charge is -2.22. The lowest BCUT2D eigenvalue weighted by Crippen LogP contribution is -2.22. The van der Waals surface area contributed by atoms with E-state index < -0.39 is 0 Å². The predicted octanol–water partition coefficient (Wildman–Crippen LogP) is 4.53. The summed E-state index contributed by atoms with van der Waals surface area (Å²) >= 11 is 0. The molecule has 0 saturated carbocycles. The number of rotatable bonds is 6. The molecule has 1 atom stereocenters. The molecule has 1 aromatic rings. The fourth-order valence-electron chi connectivity index (χ4n) is 1.67. The minimum absolute atomic E-state index is 0.319. The molecule has 0 bridgehead atoms. The Morgan fingerprint density at radius 3 is 2.31 bits per heavy atom. The lowest BCUT2D eigenvalue weighted by molar-refractivity contribution is 0.141. The lowest BCUT2D eigenvalue weighted by atomic mass is 10.0. The first-order valence-electron chi connectivity index (χ1n) is 6.06. The summed E-state index contributed by atoms with van der Waals surface area (Å²) in [7, 11) is 0. The molecule has 0 radical (unpaired) electrons. The van der Waals surface area contributed by atoms with E-state index in [9.17, 15) is 0 Å². The van der Waals surface area contributed by atoms with Crippen molar-refractivity contribution in [1.82, 2.24) is 0 Å². The second kappa shape index (κ2) is 6.37. The maximum atomic E-state index is 5.98. The van der Waals surface area contributed by atoms with Gasteiger partial charge in [-0.25, -0.2) is 0 Å². The quantitative estimate of drug-likeness (QED) is 0.681. The van der Waals surface area contributed by atoms with Crippen LogP contribution in [0.1, 0.15) is 39.2 Å². The fourth-order valence-corrected chi connectivity index (χ4v) is 1.67. The van der Waals surface area contributed by atoms with Crippen LogP contribution in [-0.2, 0) is 0 Å². The van der Waals surface area contributed by atoms with Gasteiger partial charge in [-0.3, -0.25) is 0 Å². The summed E-state index contributed by atoms with van der Waals surface area (Å²) in [4.78, 5) is 0. The van der Waals surface area contributed by atoms with Crippen LogP contribution in [0.25, 0.3) is 6.08 Å². The van der Waals surface area contributed by atoms with Crippen molar-refractivity contribution in [3.63, 3.8) is 0 Å². The van der Waals surface area contributed by atoms with Crippen LogP contribution in [0, 0.1) is 5.92 Å². The SMILES string of the molecule is C=Cc1ccc(OC(CCC)C(C)C)cc1. The Hall–Kier alpha value is -1.24. The summed E-state index contributed by atoms with van der Waals surface area (Å²) in [5, 5.41) is 0. The molecule has 1 nitrogen and oxygen atoms in total. The Morgan fingerprint density at radius 1 is 1.25 bits per heavy atom. The Labute approximate surface area is 99.1 Å². The molecule has 0 fully saturated rings. The summed E-state index contributed by atoms with van der Waals surface area (Å²) < 4.78 is 5.98. The maximum Gasteiger partial charge on any atom is 0.119 e. The molecule has 1 aromatic carbocycles. The Bertz CT molecular complexity index is 311. The Kier molecular flexibility index (Phi) is 5.10. The van der Waals surface area contributed by atoms with Crippen molar-refractivity contribution in [3.05, 3.63) is 36.4 Å². The number of hydrogen-bond donors (Lipinski definition) is 0. The van der Waals surface area contributed by atoms with Crippen molar-refractivity contribution in [3.8, 4) is 5.75 Å². The molecular formula is C15H22O. The van der Waals surface area contributed by atoms with Gasteiger partial charge >= 0.3 is 0 Å². The summed E-state index contributed by atoms with van der Waals surface area (Å²) in [6.07, 6.45) is 4.43. The van der Waals surface area contributed by atoms with Crippen LogP contribution < -0.4 is 4.74 Å². The molecular weight excluding hydrogens is 196 g/mol. The smallest absolute Gasteiger partial charge is 0.119 e. The third kappa shape index (κ3) is 3.73. The van der Waals surface area contributed by atoms with E-state index in [1.54, 1.807) is 0 Å². The van der Waals surface area contributed by atoms with E-state index in [0.717, 1.165) is 24.2 Å². The van der Waals surface area contributed by atoms with E-state index >= 15 is 0 Å². The minimum atomic E-state index is 0.319. The molecule has 0 amide bonds. The first-order chi connectivity index (χ1) is 7.67. The first kappa shape index (κ1) is 12.8. The maximum absolute atomic E-state index is 5.98. The zero-order chi connectivity index (χ0) is 12.0. The summed E-state index contributed by atoms with van der Waals surface area (Å²) in [5.74, 6) is 1.51. The van der Waals surface area contributed by atoms with Crippen molar-refractivity contribution in [2.24, 2.45) is 5.92 Å². The highest BCUT2D eigenvalue weighted by atomic mass is 16.5. The van der Waals surface area contributed by atoms with Crippen LogP contribution in [0.15, 0.2) is 30.8 Å². The van der Waals surface area contributed by atoms with Gasteiger partial charge in [0.15, 0.2) is 0 Å². The predicted molar refractivity (Wildman–Crippen MR) is 70.7 cm³/mol. The van der Waals surface area contributed by atoms with Gasteiger partial charge in [0, 0.05) is 0 Å². The Balaban J connectivity index is 2.65. The van der Waals surface area contributed by atoms with Gasteiger partial charge in [-0.2, -0.15) is 0 Å². The van der Waals surface area contributed by atoms with E-state index in [-0.39, 0.29) is 0 Å². The molecule has 0 spiro atoms. The normalized spacial score (nSPS) is 12.5. The second-order valence-electron chi connectivity index (χ2n) is 4.46. The largest absolute Gasteiger partial charge is 0.490 e. The highest BCUT2D eigenvalue weighted by Gasteiger charge is 2.13. The molecule has 0 saturated heterocycles. The zero-order valence-corrected chi connectivity index (χ0v) is 10.6. The van der Waals surface area contributed by atoms with Crippen molar-refractivity contribution in [2.75, 3.05) is 0 Å². The molecule has 0 aliphatic rings. The molecule has 1 rings (SSSR count). The van der Waals surface area contributed by atoms with Gasteiger partial charge in [0.05, 0.1) is 0 Å². The summed E-state index contributed by atoms with van der Waals surface area (Å²) in [6, 6.07) is 8.10. The Morgan fingerprint density at radius 2 is 1.88 bits per heavy atom. The molecule has 0 aliphatic carbocycles. The van der Waals surface area contributed by atoms with Crippen molar-refractivity contribution < 1.29 is 4.74 Å². The van der Waals surface area contributed by atoms with Gasteiger partial charge in [0.25, 0.3) is 0 Å². The van der Waals surface area contributed by atoms with Crippen LogP contribution in [0.3, 0.4) is 0 Å². The van der Waals surface area contributed by atoms with E-state index in [0.29, 0.717) is 12.0 Å². The average molecular weight is 218 g/mol. The topological polar surface area (TPSA) is 9.23 Å². The third-order valence-electron chi connectivity index (χ3n) is 2.72. The van der Waals surface area contributed by atoms with Gasteiger partial charge in [-0.15, -0.1) is 0 Å². The van der Waals surface area contributed by atoms with E-state index in [2.05, 4.69) is 27.4 Å². The van der Waals surface area contributed by atoms with Crippen LogP contribution in [0.4, 0.5) is 0 Å². The van der Waals surface area contributed by atoms with Crippen LogP contribution in [0.2, 0.25) is 0 Å². The van der Waals surface area contributed by atoms with E-state index in [1.165, 1.54) is 0 Å². The second-order valence-corrected chi connectivity index (χ2v) is 4.46. The molecule has 0 aliphatic heterocycles. The first-order valence-corrected chi connectivity index (χ1v) is 6.06. The standard InChI is InChI=1S/C15H22O/c1-5-7-15(12(3)4)16-14-10-8-13(6-2)9-11-14/h6,8-12,15H,2,5,7H2,1,3-4H3. The van der Waals surface area contributed by atoms with Gasteiger partial charge in [-0.05, 0) is 30.0 Å². The third-order valence-corrected chi connectivity index (χ3v) is 2.72. The molecule has 1 heteroatoms. The van der Waals surface area contributed by atoms with Crippen molar-refractivity contribution in [1.29, 1.82) is 0 Å². The summed E-state index contributed by atoms with van der Waals surface area (Å²) in [6.45, 7) is 10.3. The van der Waals surface area contributed by atoms with Crippen LogP contribution >= 0.6 is 0 Å². The van der Waals surface area contributed by atoms with E-state index in [4.69, 9.17) is 4.74 Å². The van der Waals surface area contributed by atoms with Crippen molar-refractivity contribution in [2.45, 2.75) is 39.7 Å². The highest BCUT2D eigenvalue weighted by molar-refractivity contribution is 5.48. The molecule has 0 aromatic heterocycles. The number of ether oxygens (including phenoxy) is 1. The number of benzene rings is 1.